The largest absolute Gasteiger partial charge is 0.452 e. The van der Waals surface area contributed by atoms with Crippen LogP contribution in [0.1, 0.15) is 22.8 Å². The van der Waals surface area contributed by atoms with Crippen molar-refractivity contribution in [3.63, 3.8) is 0 Å². The molecule has 1 amide bonds. The van der Waals surface area contributed by atoms with Crippen LogP contribution in [0.4, 0.5) is 5.69 Å². The molecule has 1 aromatic carbocycles. The third-order valence-corrected chi connectivity index (χ3v) is 3.17. The summed E-state index contributed by atoms with van der Waals surface area (Å²) in [5, 5.41) is 2.94. The molecule has 1 heterocycles. The molecule has 0 saturated heterocycles. The number of nitrogens with one attached hydrogen (secondary N) is 1. The summed E-state index contributed by atoms with van der Waals surface area (Å²) in [6.45, 7) is 1.69. The van der Waals surface area contributed by atoms with Crippen molar-refractivity contribution >= 4 is 29.2 Å². The van der Waals surface area contributed by atoms with Gasteiger partial charge in [-0.15, -0.1) is 0 Å². The van der Waals surface area contributed by atoms with Gasteiger partial charge < -0.3 is 10.1 Å². The van der Waals surface area contributed by atoms with E-state index in [2.05, 4.69) is 17.2 Å². The van der Waals surface area contributed by atoms with Gasteiger partial charge in [-0.25, -0.2) is 9.78 Å². The summed E-state index contributed by atoms with van der Waals surface area (Å²) in [6, 6.07) is 10.4. The molecule has 114 valence electrons. The Morgan fingerprint density at radius 2 is 1.91 bits per heavy atom. The zero-order chi connectivity index (χ0) is 15.9. The van der Waals surface area contributed by atoms with Crippen molar-refractivity contribution in [3.05, 3.63) is 58.9 Å². The highest BCUT2D eigenvalue weighted by molar-refractivity contribution is 6.29. The van der Waals surface area contributed by atoms with E-state index < -0.39 is 11.9 Å². The van der Waals surface area contributed by atoms with Crippen LogP contribution in [0.5, 0.6) is 0 Å². The van der Waals surface area contributed by atoms with E-state index in [0.717, 1.165) is 6.42 Å². The Morgan fingerprint density at radius 1 is 1.18 bits per heavy atom. The lowest BCUT2D eigenvalue weighted by Gasteiger charge is -2.07. The maximum atomic E-state index is 11.7. The van der Waals surface area contributed by atoms with E-state index in [9.17, 15) is 9.59 Å². The number of hydrogen-bond acceptors (Lipinski definition) is 4. The average molecular weight is 319 g/mol. The molecule has 0 aliphatic rings. The number of amides is 1. The van der Waals surface area contributed by atoms with Gasteiger partial charge in [0.2, 0.25) is 0 Å². The second kappa shape index (κ2) is 7.56. The summed E-state index contributed by atoms with van der Waals surface area (Å²) >= 11 is 5.63. The van der Waals surface area contributed by atoms with E-state index >= 15 is 0 Å². The average Bonchev–Trinajstić information content (AvgIpc) is 2.54. The number of nitrogens with zero attached hydrogens (tertiary/aromatic N) is 1. The van der Waals surface area contributed by atoms with Crippen LogP contribution in [0, 0.1) is 0 Å². The summed E-state index contributed by atoms with van der Waals surface area (Å²) in [7, 11) is 0. The third kappa shape index (κ3) is 4.56. The number of halogens is 1. The molecule has 0 saturated carbocycles. The molecular formula is C16H15ClN2O3. The summed E-state index contributed by atoms with van der Waals surface area (Å²) in [6.07, 6.45) is 2.23. The van der Waals surface area contributed by atoms with Crippen molar-refractivity contribution in [1.29, 1.82) is 0 Å². The van der Waals surface area contributed by atoms with Crippen molar-refractivity contribution in [2.24, 2.45) is 0 Å². The fourth-order valence-electron chi connectivity index (χ4n) is 1.73. The Balaban J connectivity index is 1.84. The highest BCUT2D eigenvalue weighted by atomic mass is 35.5. The molecule has 6 heteroatoms. The number of pyridine rings is 1. The predicted octanol–water partition coefficient (Wildman–Crippen LogP) is 3.09. The number of benzene rings is 1. The molecular weight excluding hydrogens is 304 g/mol. The van der Waals surface area contributed by atoms with Crippen molar-refractivity contribution in [2.75, 3.05) is 11.9 Å². The van der Waals surface area contributed by atoms with Crippen LogP contribution in [0.25, 0.3) is 0 Å². The lowest BCUT2D eigenvalue weighted by atomic mass is 10.1. The lowest BCUT2D eigenvalue weighted by Crippen LogP contribution is -2.21. The number of hydrogen-bond donors (Lipinski definition) is 1. The zero-order valence-corrected chi connectivity index (χ0v) is 12.8. The Kier molecular flexibility index (Phi) is 5.49. The number of carbonyl (C=O) groups is 2. The minimum Gasteiger partial charge on any atom is -0.452 e. The fourth-order valence-corrected chi connectivity index (χ4v) is 1.84. The van der Waals surface area contributed by atoms with Crippen molar-refractivity contribution in [1.82, 2.24) is 4.98 Å². The van der Waals surface area contributed by atoms with Gasteiger partial charge in [-0.05, 0) is 36.2 Å². The van der Waals surface area contributed by atoms with Gasteiger partial charge in [0, 0.05) is 11.9 Å². The van der Waals surface area contributed by atoms with Gasteiger partial charge >= 0.3 is 5.97 Å². The summed E-state index contributed by atoms with van der Waals surface area (Å²) in [4.78, 5) is 27.2. The highest BCUT2D eigenvalue weighted by Crippen LogP contribution is 2.10. The summed E-state index contributed by atoms with van der Waals surface area (Å²) < 4.78 is 4.91. The number of aromatic nitrogens is 1. The molecule has 0 fully saturated rings. The van der Waals surface area contributed by atoms with Gasteiger partial charge in [0.05, 0.1) is 5.56 Å². The van der Waals surface area contributed by atoms with Gasteiger partial charge in [-0.2, -0.15) is 0 Å². The van der Waals surface area contributed by atoms with E-state index in [1.165, 1.54) is 23.9 Å². The molecule has 2 rings (SSSR count). The molecule has 5 nitrogen and oxygen atoms in total. The molecule has 0 aliphatic carbocycles. The molecule has 0 bridgehead atoms. The van der Waals surface area contributed by atoms with E-state index in [-0.39, 0.29) is 17.3 Å². The minimum atomic E-state index is -0.624. The first-order chi connectivity index (χ1) is 10.6. The fraction of sp³-hybridized carbons (Fsp3) is 0.188. The molecule has 0 spiro atoms. The number of esters is 1. The smallest absolute Gasteiger partial charge is 0.340 e. The minimum absolute atomic E-state index is 0.240. The normalized spacial score (nSPS) is 10.1. The van der Waals surface area contributed by atoms with Crippen molar-refractivity contribution in [2.45, 2.75) is 13.3 Å². The number of ether oxygens (including phenoxy) is 1. The Bertz CT molecular complexity index is 654. The van der Waals surface area contributed by atoms with Crippen LogP contribution in [-0.2, 0) is 16.0 Å². The van der Waals surface area contributed by atoms with Crippen LogP contribution in [0.3, 0.4) is 0 Å². The molecule has 0 atom stereocenters. The SMILES string of the molecule is CCc1ccc(NC(=O)COC(=O)c2ccc(Cl)nc2)cc1. The lowest BCUT2D eigenvalue weighted by molar-refractivity contribution is -0.119. The number of carbonyl (C=O) groups excluding carboxylic acids is 2. The Morgan fingerprint density at radius 3 is 2.50 bits per heavy atom. The van der Waals surface area contributed by atoms with Crippen LogP contribution >= 0.6 is 11.6 Å². The quantitative estimate of drug-likeness (QED) is 0.679. The van der Waals surface area contributed by atoms with Gasteiger partial charge in [-0.3, -0.25) is 4.79 Å². The molecule has 0 radical (unpaired) electrons. The van der Waals surface area contributed by atoms with E-state index in [0.29, 0.717) is 5.69 Å². The maximum Gasteiger partial charge on any atom is 0.340 e. The first-order valence-electron chi connectivity index (χ1n) is 6.76. The van der Waals surface area contributed by atoms with Crippen LogP contribution < -0.4 is 5.32 Å². The topological polar surface area (TPSA) is 68.3 Å². The second-order valence-corrected chi connectivity index (χ2v) is 4.93. The third-order valence-electron chi connectivity index (χ3n) is 2.94. The van der Waals surface area contributed by atoms with E-state index in [1.54, 1.807) is 0 Å². The molecule has 1 aromatic heterocycles. The van der Waals surface area contributed by atoms with Crippen molar-refractivity contribution in [3.8, 4) is 0 Å². The molecule has 0 aliphatic heterocycles. The highest BCUT2D eigenvalue weighted by Gasteiger charge is 2.10. The standard InChI is InChI=1S/C16H15ClN2O3/c1-2-11-3-6-13(7-4-11)19-15(20)10-22-16(21)12-5-8-14(17)18-9-12/h3-9H,2,10H2,1H3,(H,19,20). The van der Waals surface area contributed by atoms with Gasteiger partial charge in [-0.1, -0.05) is 30.7 Å². The van der Waals surface area contributed by atoms with Crippen LogP contribution in [0.2, 0.25) is 5.15 Å². The number of anilines is 1. The first-order valence-corrected chi connectivity index (χ1v) is 7.13. The molecule has 2 aromatic rings. The zero-order valence-electron chi connectivity index (χ0n) is 12.0. The second-order valence-electron chi connectivity index (χ2n) is 4.54. The summed E-state index contributed by atoms with van der Waals surface area (Å²) in [5.74, 6) is -1.03. The summed E-state index contributed by atoms with van der Waals surface area (Å²) in [5.41, 5.74) is 2.08. The maximum absolute atomic E-state index is 11.7. The van der Waals surface area contributed by atoms with E-state index in [4.69, 9.17) is 16.3 Å². The molecule has 0 unspecified atom stereocenters. The predicted molar refractivity (Wildman–Crippen MR) is 84.0 cm³/mol. The van der Waals surface area contributed by atoms with Crippen LogP contribution in [-0.4, -0.2) is 23.5 Å². The first kappa shape index (κ1) is 16.0. The Hall–Kier alpha value is -2.40. The number of rotatable bonds is 5. The van der Waals surface area contributed by atoms with Gasteiger partial charge in [0.1, 0.15) is 5.15 Å². The number of aryl methyl sites for hydroxylation is 1. The van der Waals surface area contributed by atoms with Crippen molar-refractivity contribution < 1.29 is 14.3 Å². The van der Waals surface area contributed by atoms with Gasteiger partial charge in [0.15, 0.2) is 6.61 Å². The Labute approximate surface area is 133 Å². The molecule has 22 heavy (non-hydrogen) atoms. The van der Waals surface area contributed by atoms with E-state index in [1.807, 2.05) is 24.3 Å². The van der Waals surface area contributed by atoms with Gasteiger partial charge in [0.25, 0.3) is 5.91 Å². The molecule has 1 N–H and O–H groups in total. The monoisotopic (exact) mass is 318 g/mol. The van der Waals surface area contributed by atoms with Crippen LogP contribution in [0.15, 0.2) is 42.6 Å².